The molecule has 108 valence electrons. The van der Waals surface area contributed by atoms with E-state index in [2.05, 4.69) is 0 Å². The smallest absolute Gasteiger partial charge is 0.305 e. The summed E-state index contributed by atoms with van der Waals surface area (Å²) in [5, 5.41) is 27.1. The van der Waals surface area contributed by atoms with E-state index in [1.54, 1.807) is 0 Å². The second kappa shape index (κ2) is 10.3. The lowest BCUT2D eigenvalue weighted by molar-refractivity contribution is -0.151. The summed E-state index contributed by atoms with van der Waals surface area (Å²) >= 11 is 0. The minimum Gasteiger partial charge on any atom is -0.465 e. The highest BCUT2D eigenvalue weighted by Crippen LogP contribution is 2.15. The first-order valence-corrected chi connectivity index (χ1v) is 6.32. The quantitative estimate of drug-likeness (QED) is 0.292. The van der Waals surface area contributed by atoms with Gasteiger partial charge in [0.2, 0.25) is 0 Å². The Morgan fingerprint density at radius 3 is 2.06 bits per heavy atom. The number of esters is 1. The number of carbonyl (C=O) groups excluding carboxylic acids is 1. The first kappa shape index (κ1) is 17.3. The van der Waals surface area contributed by atoms with E-state index in [0.717, 1.165) is 25.7 Å². The predicted octanol–water partition coefficient (Wildman–Crippen LogP) is -0.598. The second-order valence-electron chi connectivity index (χ2n) is 4.59. The highest BCUT2D eigenvalue weighted by atomic mass is 16.5. The fourth-order valence-corrected chi connectivity index (χ4v) is 1.36. The van der Waals surface area contributed by atoms with Gasteiger partial charge in [-0.2, -0.15) is 0 Å². The molecule has 0 fully saturated rings. The average molecular weight is 263 g/mol. The molecule has 6 heteroatoms. The Labute approximate surface area is 108 Å². The molecule has 6 nitrogen and oxygen atoms in total. The van der Waals surface area contributed by atoms with Crippen LogP contribution in [0.15, 0.2) is 0 Å². The summed E-state index contributed by atoms with van der Waals surface area (Å²) in [5.74, 6) is -0.373. The maximum atomic E-state index is 11.4. The molecule has 0 spiro atoms. The average Bonchev–Trinajstić information content (AvgIpc) is 2.41. The zero-order valence-electron chi connectivity index (χ0n) is 10.8. The molecular weight excluding hydrogens is 238 g/mol. The van der Waals surface area contributed by atoms with Crippen molar-refractivity contribution >= 4 is 5.97 Å². The number of hydrogen-bond donors (Lipinski definition) is 4. The maximum absolute atomic E-state index is 11.4. The van der Waals surface area contributed by atoms with Crippen LogP contribution in [0.2, 0.25) is 0 Å². The van der Waals surface area contributed by atoms with Crippen LogP contribution in [0.1, 0.15) is 32.1 Å². The largest absolute Gasteiger partial charge is 0.465 e. The molecule has 0 bridgehead atoms. The number of aliphatic hydroxyl groups excluding tert-OH is 3. The molecule has 0 aromatic carbocycles. The predicted molar refractivity (Wildman–Crippen MR) is 66.8 cm³/mol. The van der Waals surface area contributed by atoms with Gasteiger partial charge in [0.25, 0.3) is 0 Å². The van der Waals surface area contributed by atoms with Crippen LogP contribution in [-0.4, -0.2) is 54.3 Å². The van der Waals surface area contributed by atoms with Crippen molar-refractivity contribution in [3.63, 3.8) is 0 Å². The van der Waals surface area contributed by atoms with Gasteiger partial charge in [-0.3, -0.25) is 4.79 Å². The Kier molecular flexibility index (Phi) is 9.86. The van der Waals surface area contributed by atoms with E-state index in [9.17, 15) is 4.79 Å². The Balaban J connectivity index is 3.74. The van der Waals surface area contributed by atoms with E-state index >= 15 is 0 Å². The van der Waals surface area contributed by atoms with Gasteiger partial charge in [-0.1, -0.05) is 12.8 Å². The zero-order valence-corrected chi connectivity index (χ0v) is 10.8. The summed E-state index contributed by atoms with van der Waals surface area (Å²) in [6.45, 7) is -0.786. The van der Waals surface area contributed by atoms with Gasteiger partial charge in [0.15, 0.2) is 0 Å². The van der Waals surface area contributed by atoms with Gasteiger partial charge in [-0.25, -0.2) is 0 Å². The number of rotatable bonds is 11. The van der Waals surface area contributed by atoms with Gasteiger partial charge < -0.3 is 25.8 Å². The summed E-state index contributed by atoms with van der Waals surface area (Å²) in [6.07, 6.45) is 3.93. The lowest BCUT2D eigenvalue weighted by Gasteiger charge is -2.26. The highest BCUT2D eigenvalue weighted by molar-refractivity contribution is 5.69. The second-order valence-corrected chi connectivity index (χ2v) is 4.59. The van der Waals surface area contributed by atoms with E-state index in [0.29, 0.717) is 13.0 Å². The molecule has 0 heterocycles. The van der Waals surface area contributed by atoms with E-state index < -0.39 is 25.2 Å². The number of carbonyl (C=O) groups is 1. The van der Waals surface area contributed by atoms with Crippen LogP contribution in [0, 0.1) is 5.41 Å². The Hall–Kier alpha value is -0.690. The third-order valence-electron chi connectivity index (χ3n) is 2.88. The molecule has 18 heavy (non-hydrogen) atoms. The summed E-state index contributed by atoms with van der Waals surface area (Å²) in [4.78, 5) is 11.4. The van der Waals surface area contributed by atoms with Crippen molar-refractivity contribution in [1.29, 1.82) is 0 Å². The van der Waals surface area contributed by atoms with Crippen molar-refractivity contribution in [3.05, 3.63) is 0 Å². The molecule has 0 saturated heterocycles. The maximum Gasteiger partial charge on any atom is 0.305 e. The Morgan fingerprint density at radius 2 is 1.56 bits per heavy atom. The lowest BCUT2D eigenvalue weighted by atomic mass is 9.93. The molecule has 0 atom stereocenters. The van der Waals surface area contributed by atoms with Crippen LogP contribution in [0.25, 0.3) is 0 Å². The van der Waals surface area contributed by atoms with Crippen molar-refractivity contribution in [3.8, 4) is 0 Å². The van der Waals surface area contributed by atoms with Gasteiger partial charge in [0, 0.05) is 6.42 Å². The molecule has 0 unspecified atom stereocenters. The van der Waals surface area contributed by atoms with Gasteiger partial charge in [0.1, 0.15) is 6.61 Å². The highest BCUT2D eigenvalue weighted by Gasteiger charge is 2.29. The number of hydrogen-bond acceptors (Lipinski definition) is 6. The van der Waals surface area contributed by atoms with Crippen molar-refractivity contribution in [2.24, 2.45) is 11.1 Å². The van der Waals surface area contributed by atoms with Gasteiger partial charge in [0.05, 0.1) is 25.2 Å². The molecule has 0 rings (SSSR count). The van der Waals surface area contributed by atoms with Crippen molar-refractivity contribution < 1.29 is 24.9 Å². The molecule has 0 aromatic heterocycles. The normalized spacial score (nSPS) is 11.6. The minimum absolute atomic E-state index is 0.169. The molecule has 5 N–H and O–H groups in total. The number of ether oxygens (including phenoxy) is 1. The Bertz CT molecular complexity index is 210. The SMILES string of the molecule is NCCCCCCC(=O)OCC(CO)(CO)CO. The van der Waals surface area contributed by atoms with E-state index in [1.165, 1.54) is 0 Å². The van der Waals surface area contributed by atoms with Crippen molar-refractivity contribution in [2.75, 3.05) is 33.0 Å². The van der Waals surface area contributed by atoms with Gasteiger partial charge in [-0.15, -0.1) is 0 Å². The molecule has 0 aliphatic rings. The molecule has 0 amide bonds. The van der Waals surface area contributed by atoms with Gasteiger partial charge in [-0.05, 0) is 19.4 Å². The van der Waals surface area contributed by atoms with Crippen LogP contribution in [0.5, 0.6) is 0 Å². The summed E-state index contributed by atoms with van der Waals surface area (Å²) in [5.41, 5.74) is 4.21. The molecule has 0 radical (unpaired) electrons. The molecule has 0 saturated carbocycles. The Morgan fingerprint density at radius 1 is 1.00 bits per heavy atom. The van der Waals surface area contributed by atoms with Crippen LogP contribution in [0.4, 0.5) is 0 Å². The van der Waals surface area contributed by atoms with Crippen molar-refractivity contribution in [1.82, 2.24) is 0 Å². The summed E-state index contributed by atoms with van der Waals surface area (Å²) in [6, 6.07) is 0. The first-order chi connectivity index (χ1) is 8.64. The molecular formula is C12H25NO5. The summed E-state index contributed by atoms with van der Waals surface area (Å²) in [7, 11) is 0. The monoisotopic (exact) mass is 263 g/mol. The van der Waals surface area contributed by atoms with Crippen LogP contribution in [0.3, 0.4) is 0 Å². The van der Waals surface area contributed by atoms with Crippen molar-refractivity contribution in [2.45, 2.75) is 32.1 Å². The first-order valence-electron chi connectivity index (χ1n) is 6.32. The van der Waals surface area contributed by atoms with E-state index in [1.807, 2.05) is 0 Å². The third kappa shape index (κ3) is 6.90. The molecule has 0 aliphatic heterocycles. The van der Waals surface area contributed by atoms with Crippen LogP contribution in [-0.2, 0) is 9.53 Å². The van der Waals surface area contributed by atoms with E-state index in [-0.39, 0.29) is 12.6 Å². The number of aliphatic hydroxyl groups is 3. The van der Waals surface area contributed by atoms with Crippen LogP contribution >= 0.6 is 0 Å². The van der Waals surface area contributed by atoms with Gasteiger partial charge >= 0.3 is 5.97 Å². The lowest BCUT2D eigenvalue weighted by Crippen LogP contribution is -2.39. The topological polar surface area (TPSA) is 113 Å². The minimum atomic E-state index is -1.14. The third-order valence-corrected chi connectivity index (χ3v) is 2.88. The van der Waals surface area contributed by atoms with Crippen LogP contribution < -0.4 is 5.73 Å². The molecule has 0 aromatic rings. The standard InChI is InChI=1S/C12H25NO5/c13-6-4-2-1-3-5-11(17)18-10-12(7-14,8-15)9-16/h14-16H,1-10,13H2. The fraction of sp³-hybridized carbons (Fsp3) is 0.917. The zero-order chi connectivity index (χ0) is 13.9. The van der Waals surface area contributed by atoms with E-state index in [4.69, 9.17) is 25.8 Å². The number of unbranched alkanes of at least 4 members (excludes halogenated alkanes) is 3. The number of nitrogens with two attached hydrogens (primary N) is 1. The summed E-state index contributed by atoms with van der Waals surface area (Å²) < 4.78 is 4.94. The fourth-order valence-electron chi connectivity index (χ4n) is 1.36. The molecule has 0 aliphatic carbocycles.